The van der Waals surface area contributed by atoms with Crippen LogP contribution in [-0.2, 0) is 11.2 Å². The van der Waals surface area contributed by atoms with Crippen LogP contribution in [-0.4, -0.2) is 22.1 Å². The highest BCUT2D eigenvalue weighted by Crippen LogP contribution is 2.12. The van der Waals surface area contributed by atoms with Gasteiger partial charge in [-0.15, -0.1) is 0 Å². The first-order valence-electron chi connectivity index (χ1n) is 7.68. The molecule has 0 radical (unpaired) electrons. The number of hydrogen-bond donors (Lipinski definition) is 2. The molecule has 1 amide bonds. The van der Waals surface area contributed by atoms with Crippen molar-refractivity contribution in [1.82, 2.24) is 15.4 Å². The van der Waals surface area contributed by atoms with Crippen LogP contribution in [0.3, 0.4) is 0 Å². The van der Waals surface area contributed by atoms with Crippen molar-refractivity contribution in [1.29, 1.82) is 0 Å². The molecule has 0 atom stereocenters. The van der Waals surface area contributed by atoms with E-state index in [-0.39, 0.29) is 24.3 Å². The second kappa shape index (κ2) is 7.72. The minimum Gasteiger partial charge on any atom is -0.319 e. The molecular formula is C18H15ClN4O2. The largest absolute Gasteiger partial charge is 0.319 e. The first kappa shape index (κ1) is 16.9. The molecule has 0 fully saturated rings. The lowest BCUT2D eigenvalue weighted by Crippen LogP contribution is -2.21. The number of H-pyrrole nitrogens is 1. The molecule has 0 bridgehead atoms. The van der Waals surface area contributed by atoms with Crippen molar-refractivity contribution in [3.05, 3.63) is 75.2 Å². The van der Waals surface area contributed by atoms with Gasteiger partial charge >= 0.3 is 0 Å². The lowest BCUT2D eigenvalue weighted by Gasteiger charge is -2.02. The molecule has 2 aromatic carbocycles. The topological polar surface area (TPSA) is 87.2 Å². The SMILES string of the molecule is O=C(CCc1nc2ccccc2[nH]c1=O)N/N=C\c1ccccc1Cl. The number of aryl methyl sites for hydroxylation is 1. The Morgan fingerprint density at radius 1 is 1.20 bits per heavy atom. The predicted octanol–water partition coefficient (Wildman–Crippen LogP) is 2.66. The summed E-state index contributed by atoms with van der Waals surface area (Å²) in [6, 6.07) is 14.4. The third-order valence-electron chi connectivity index (χ3n) is 3.56. The second-order valence-electron chi connectivity index (χ2n) is 5.34. The minimum absolute atomic E-state index is 0.105. The van der Waals surface area contributed by atoms with Gasteiger partial charge in [0.25, 0.3) is 5.56 Å². The van der Waals surface area contributed by atoms with E-state index in [0.29, 0.717) is 27.3 Å². The van der Waals surface area contributed by atoms with Crippen molar-refractivity contribution >= 4 is 34.8 Å². The molecule has 1 heterocycles. The summed E-state index contributed by atoms with van der Waals surface area (Å²) in [6.45, 7) is 0. The third kappa shape index (κ3) is 4.30. The molecule has 7 heteroatoms. The second-order valence-corrected chi connectivity index (χ2v) is 5.75. The Hall–Kier alpha value is -2.99. The molecule has 3 rings (SSSR count). The van der Waals surface area contributed by atoms with E-state index in [1.165, 1.54) is 6.21 Å². The number of amides is 1. The summed E-state index contributed by atoms with van der Waals surface area (Å²) in [5.41, 5.74) is 4.52. The smallest absolute Gasteiger partial charge is 0.270 e. The standard InChI is InChI=1S/C18H15ClN4O2/c19-13-6-2-1-5-12(13)11-20-23-17(24)10-9-16-18(25)22-15-8-4-3-7-14(15)21-16/h1-8,11H,9-10H2,(H,22,25)(H,23,24)/b20-11-. The Bertz CT molecular complexity index is 998. The van der Waals surface area contributed by atoms with E-state index in [9.17, 15) is 9.59 Å². The van der Waals surface area contributed by atoms with Crippen LogP contribution in [0.25, 0.3) is 11.0 Å². The summed E-state index contributed by atoms with van der Waals surface area (Å²) >= 11 is 6.00. The molecule has 126 valence electrons. The molecule has 1 aromatic heterocycles. The highest BCUT2D eigenvalue weighted by Gasteiger charge is 2.07. The monoisotopic (exact) mass is 354 g/mol. The van der Waals surface area contributed by atoms with Gasteiger partial charge in [0.15, 0.2) is 0 Å². The van der Waals surface area contributed by atoms with Crippen LogP contribution in [0.15, 0.2) is 58.4 Å². The van der Waals surface area contributed by atoms with Crippen molar-refractivity contribution in [2.45, 2.75) is 12.8 Å². The first-order valence-corrected chi connectivity index (χ1v) is 8.05. The fraction of sp³-hybridized carbons (Fsp3) is 0.111. The van der Waals surface area contributed by atoms with Gasteiger partial charge < -0.3 is 4.98 Å². The molecule has 0 aliphatic carbocycles. The van der Waals surface area contributed by atoms with E-state index >= 15 is 0 Å². The van der Waals surface area contributed by atoms with Gasteiger partial charge in [0.05, 0.1) is 17.2 Å². The van der Waals surface area contributed by atoms with Crippen molar-refractivity contribution in [2.75, 3.05) is 0 Å². The maximum Gasteiger partial charge on any atom is 0.270 e. The number of benzene rings is 2. The molecule has 6 nitrogen and oxygen atoms in total. The Morgan fingerprint density at radius 2 is 1.96 bits per heavy atom. The number of para-hydroxylation sites is 2. The van der Waals surface area contributed by atoms with Crippen molar-refractivity contribution in [3.8, 4) is 0 Å². The van der Waals surface area contributed by atoms with E-state index in [1.807, 2.05) is 30.3 Å². The quantitative estimate of drug-likeness (QED) is 0.545. The predicted molar refractivity (Wildman–Crippen MR) is 97.9 cm³/mol. The maximum atomic E-state index is 12.0. The Kier molecular flexibility index (Phi) is 5.20. The normalized spacial score (nSPS) is 11.1. The molecule has 0 aliphatic rings. The Labute approximate surface area is 148 Å². The molecule has 25 heavy (non-hydrogen) atoms. The van der Waals surface area contributed by atoms with Gasteiger partial charge in [0.1, 0.15) is 5.69 Å². The van der Waals surface area contributed by atoms with Crippen molar-refractivity contribution < 1.29 is 4.79 Å². The average molecular weight is 355 g/mol. The Balaban J connectivity index is 1.60. The highest BCUT2D eigenvalue weighted by atomic mass is 35.5. The number of hydrazone groups is 1. The number of aromatic amines is 1. The summed E-state index contributed by atoms with van der Waals surface area (Å²) < 4.78 is 0. The molecule has 2 N–H and O–H groups in total. The average Bonchev–Trinajstić information content (AvgIpc) is 2.61. The summed E-state index contributed by atoms with van der Waals surface area (Å²) in [5, 5.41) is 4.42. The van der Waals surface area contributed by atoms with E-state index in [2.05, 4.69) is 20.5 Å². The van der Waals surface area contributed by atoms with E-state index < -0.39 is 0 Å². The van der Waals surface area contributed by atoms with E-state index in [4.69, 9.17) is 11.6 Å². The maximum absolute atomic E-state index is 12.0. The molecule has 0 spiro atoms. The van der Waals surface area contributed by atoms with Gasteiger partial charge in [-0.3, -0.25) is 9.59 Å². The number of rotatable bonds is 5. The molecule has 0 saturated carbocycles. The van der Waals surface area contributed by atoms with Crippen LogP contribution in [0.1, 0.15) is 17.7 Å². The van der Waals surface area contributed by atoms with Gasteiger partial charge in [-0.05, 0) is 18.2 Å². The number of aromatic nitrogens is 2. The Morgan fingerprint density at radius 3 is 2.80 bits per heavy atom. The number of nitrogens with zero attached hydrogens (tertiary/aromatic N) is 2. The lowest BCUT2D eigenvalue weighted by atomic mass is 10.2. The summed E-state index contributed by atoms with van der Waals surface area (Å²) in [7, 11) is 0. The van der Waals surface area contributed by atoms with Gasteiger partial charge in [-0.25, -0.2) is 10.4 Å². The number of carbonyl (C=O) groups is 1. The molecule has 0 saturated heterocycles. The zero-order valence-corrected chi connectivity index (χ0v) is 14.0. The summed E-state index contributed by atoms with van der Waals surface area (Å²) in [5.74, 6) is -0.308. The molecule has 0 aliphatic heterocycles. The lowest BCUT2D eigenvalue weighted by molar-refractivity contribution is -0.121. The van der Waals surface area contributed by atoms with Crippen LogP contribution in [0.4, 0.5) is 0 Å². The number of nitrogens with one attached hydrogen (secondary N) is 2. The minimum atomic E-state index is -0.308. The third-order valence-corrected chi connectivity index (χ3v) is 3.90. The number of fused-ring (bicyclic) bond motifs is 1. The van der Waals surface area contributed by atoms with Crippen LogP contribution in [0.5, 0.6) is 0 Å². The van der Waals surface area contributed by atoms with Gasteiger partial charge in [-0.2, -0.15) is 5.10 Å². The van der Waals surface area contributed by atoms with Crippen molar-refractivity contribution in [2.24, 2.45) is 5.10 Å². The van der Waals surface area contributed by atoms with Crippen LogP contribution in [0, 0.1) is 0 Å². The zero-order valence-electron chi connectivity index (χ0n) is 13.2. The van der Waals surface area contributed by atoms with Crippen molar-refractivity contribution in [3.63, 3.8) is 0 Å². The number of hydrogen-bond acceptors (Lipinski definition) is 4. The van der Waals surface area contributed by atoms with E-state index in [1.54, 1.807) is 18.2 Å². The molecule has 3 aromatic rings. The molecular weight excluding hydrogens is 340 g/mol. The van der Waals surface area contributed by atoms with Crippen LogP contribution in [0.2, 0.25) is 5.02 Å². The fourth-order valence-electron chi connectivity index (χ4n) is 2.28. The fourth-order valence-corrected chi connectivity index (χ4v) is 2.46. The summed E-state index contributed by atoms with van der Waals surface area (Å²) in [6.07, 6.45) is 1.81. The van der Waals surface area contributed by atoms with Gasteiger partial charge in [0, 0.05) is 23.4 Å². The van der Waals surface area contributed by atoms with Crippen LogP contribution < -0.4 is 11.0 Å². The highest BCUT2D eigenvalue weighted by molar-refractivity contribution is 6.33. The number of carbonyl (C=O) groups excluding carboxylic acids is 1. The van der Waals surface area contributed by atoms with E-state index in [0.717, 1.165) is 0 Å². The molecule has 0 unspecified atom stereocenters. The number of halogens is 1. The van der Waals surface area contributed by atoms with Gasteiger partial charge in [0.2, 0.25) is 5.91 Å². The zero-order chi connectivity index (χ0) is 17.6. The van der Waals surface area contributed by atoms with Crippen LogP contribution >= 0.6 is 11.6 Å². The first-order chi connectivity index (χ1) is 12.1. The summed E-state index contributed by atoms with van der Waals surface area (Å²) in [4.78, 5) is 30.9. The van der Waals surface area contributed by atoms with Gasteiger partial charge in [-0.1, -0.05) is 41.9 Å².